The van der Waals surface area contributed by atoms with E-state index >= 15 is 0 Å². The number of hydrogen-bond donors (Lipinski definition) is 1. The first-order valence-electron chi connectivity index (χ1n) is 3.95. The van der Waals surface area contributed by atoms with Crippen molar-refractivity contribution in [1.82, 2.24) is 30.9 Å². The highest BCUT2D eigenvalue weighted by atomic mass is 15.4. The van der Waals surface area contributed by atoms with Crippen molar-refractivity contribution in [3.63, 3.8) is 0 Å². The van der Waals surface area contributed by atoms with Gasteiger partial charge in [-0.15, -0.1) is 5.10 Å². The number of nitrogens with zero attached hydrogens (tertiary/aromatic N) is 5. The molecular weight excluding hydrogens is 180 g/mol. The van der Waals surface area contributed by atoms with Crippen LogP contribution < -0.4 is 6.15 Å². The van der Waals surface area contributed by atoms with Crippen molar-refractivity contribution < 1.29 is 0 Å². The number of rotatable bonds is 1. The van der Waals surface area contributed by atoms with Gasteiger partial charge in [0.25, 0.3) is 5.95 Å². The molecule has 6 heteroatoms. The highest BCUT2D eigenvalue weighted by molar-refractivity contribution is 5.10. The zero-order chi connectivity index (χ0) is 9.26. The van der Waals surface area contributed by atoms with Crippen LogP contribution in [0.1, 0.15) is 11.6 Å². The minimum Gasteiger partial charge on any atom is -0.344 e. The van der Waals surface area contributed by atoms with Gasteiger partial charge in [0.15, 0.2) is 0 Å². The van der Waals surface area contributed by atoms with Crippen molar-refractivity contribution in [2.75, 3.05) is 0 Å². The van der Waals surface area contributed by atoms with Gasteiger partial charge >= 0.3 is 0 Å². The first-order valence-corrected chi connectivity index (χ1v) is 3.95. The normalized spacial score (nSPS) is 9.57. The van der Waals surface area contributed by atoms with E-state index in [1.54, 1.807) is 23.1 Å². The molecule has 0 fully saturated rings. The maximum Gasteiger partial charge on any atom is 0.252 e. The van der Waals surface area contributed by atoms with Gasteiger partial charge in [-0.3, -0.25) is 0 Å². The third-order valence-corrected chi connectivity index (χ3v) is 1.62. The minimum absolute atomic E-state index is 0. The van der Waals surface area contributed by atoms with Gasteiger partial charge in [-0.2, -0.15) is 4.68 Å². The molecule has 74 valence electrons. The van der Waals surface area contributed by atoms with Crippen LogP contribution in [0.5, 0.6) is 0 Å². The van der Waals surface area contributed by atoms with Crippen LogP contribution in [0, 0.1) is 13.8 Å². The summed E-state index contributed by atoms with van der Waals surface area (Å²) in [4.78, 5) is 12.3. The lowest BCUT2D eigenvalue weighted by Gasteiger charge is -1.97. The molecule has 2 rings (SSSR count). The molecular formula is C8H12N6. The molecule has 0 aliphatic heterocycles. The van der Waals surface area contributed by atoms with E-state index in [9.17, 15) is 0 Å². The predicted molar refractivity (Wildman–Crippen MR) is 51.4 cm³/mol. The number of hydrogen-bond acceptors (Lipinski definition) is 5. The molecule has 0 atom stereocenters. The Kier molecular flexibility index (Phi) is 2.88. The van der Waals surface area contributed by atoms with Gasteiger partial charge in [-0.1, -0.05) is 0 Å². The van der Waals surface area contributed by atoms with Gasteiger partial charge in [0.05, 0.1) is 0 Å². The molecule has 6 nitrogen and oxygen atoms in total. The smallest absolute Gasteiger partial charge is 0.252 e. The van der Waals surface area contributed by atoms with Crippen molar-refractivity contribution in [2.24, 2.45) is 0 Å². The fraction of sp³-hybridized carbons (Fsp3) is 0.250. The zero-order valence-corrected chi connectivity index (χ0v) is 8.18. The minimum atomic E-state index is 0. The van der Waals surface area contributed by atoms with E-state index in [1.807, 2.05) is 13.8 Å². The van der Waals surface area contributed by atoms with E-state index in [0.717, 1.165) is 11.6 Å². The molecule has 0 amide bonds. The summed E-state index contributed by atoms with van der Waals surface area (Å²) in [6, 6.07) is 1.77. The van der Waals surface area contributed by atoms with Crippen molar-refractivity contribution in [3.8, 4) is 5.95 Å². The summed E-state index contributed by atoms with van der Waals surface area (Å²) in [7, 11) is 0. The lowest BCUT2D eigenvalue weighted by molar-refractivity contribution is 0.771. The van der Waals surface area contributed by atoms with Crippen LogP contribution in [-0.4, -0.2) is 24.7 Å². The van der Waals surface area contributed by atoms with Gasteiger partial charge in [-0.25, -0.2) is 15.0 Å². The summed E-state index contributed by atoms with van der Waals surface area (Å²) in [5.74, 6) is 2.08. The quantitative estimate of drug-likeness (QED) is 0.722. The van der Waals surface area contributed by atoms with E-state index in [1.165, 1.54) is 0 Å². The molecule has 14 heavy (non-hydrogen) atoms. The van der Waals surface area contributed by atoms with Gasteiger partial charge in [-0.05, 0) is 19.9 Å². The first-order chi connectivity index (χ1) is 6.27. The zero-order valence-electron chi connectivity index (χ0n) is 8.18. The van der Waals surface area contributed by atoms with Crippen LogP contribution in [0.15, 0.2) is 18.5 Å². The van der Waals surface area contributed by atoms with Gasteiger partial charge in [0.1, 0.15) is 11.6 Å². The topological polar surface area (TPSA) is 91.5 Å². The van der Waals surface area contributed by atoms with Crippen LogP contribution in [0.3, 0.4) is 0 Å². The molecule has 0 spiro atoms. The molecule has 0 unspecified atom stereocenters. The van der Waals surface area contributed by atoms with Crippen molar-refractivity contribution in [1.29, 1.82) is 0 Å². The first kappa shape index (κ1) is 10.3. The molecule has 2 aromatic heterocycles. The van der Waals surface area contributed by atoms with Crippen molar-refractivity contribution in [2.45, 2.75) is 13.8 Å². The number of aryl methyl sites for hydroxylation is 2. The number of aromatic nitrogens is 5. The molecule has 0 aliphatic rings. The average Bonchev–Trinajstić information content (AvgIpc) is 2.47. The summed E-state index contributed by atoms with van der Waals surface area (Å²) in [5, 5.41) is 4.16. The SMILES string of the molecule is Cc1nc(C)n(-c2ncccn2)n1.N. The third-order valence-electron chi connectivity index (χ3n) is 1.62. The summed E-state index contributed by atoms with van der Waals surface area (Å²) < 4.78 is 1.62. The second-order valence-corrected chi connectivity index (χ2v) is 2.67. The maximum atomic E-state index is 4.16. The van der Waals surface area contributed by atoms with Gasteiger partial charge in [0.2, 0.25) is 0 Å². The molecule has 0 radical (unpaired) electrons. The second-order valence-electron chi connectivity index (χ2n) is 2.67. The Morgan fingerprint density at radius 1 is 1.14 bits per heavy atom. The Morgan fingerprint density at radius 3 is 2.29 bits per heavy atom. The van der Waals surface area contributed by atoms with Crippen LogP contribution in [0.4, 0.5) is 0 Å². The van der Waals surface area contributed by atoms with Crippen LogP contribution in [0.2, 0.25) is 0 Å². The molecule has 2 aromatic rings. The molecule has 3 N–H and O–H groups in total. The van der Waals surface area contributed by atoms with Crippen molar-refractivity contribution >= 4 is 0 Å². The predicted octanol–water partition coefficient (Wildman–Crippen LogP) is 0.836. The van der Waals surface area contributed by atoms with Crippen LogP contribution in [-0.2, 0) is 0 Å². The van der Waals surface area contributed by atoms with E-state index in [0.29, 0.717) is 5.95 Å². The molecule has 0 aromatic carbocycles. The highest BCUT2D eigenvalue weighted by Gasteiger charge is 2.05. The Balaban J connectivity index is 0.000000980. The summed E-state index contributed by atoms with van der Waals surface area (Å²) in [6.45, 7) is 3.71. The Bertz CT molecular complexity index is 407. The van der Waals surface area contributed by atoms with Crippen molar-refractivity contribution in [3.05, 3.63) is 30.1 Å². The lowest BCUT2D eigenvalue weighted by Crippen LogP contribution is -2.03. The van der Waals surface area contributed by atoms with E-state index in [-0.39, 0.29) is 6.15 Å². The molecule has 0 bridgehead atoms. The van der Waals surface area contributed by atoms with E-state index < -0.39 is 0 Å². The largest absolute Gasteiger partial charge is 0.344 e. The molecule has 0 saturated heterocycles. The third kappa shape index (κ3) is 1.74. The highest BCUT2D eigenvalue weighted by Crippen LogP contribution is 2.01. The molecule has 0 saturated carbocycles. The van der Waals surface area contributed by atoms with Gasteiger partial charge < -0.3 is 6.15 Å². The summed E-state index contributed by atoms with van der Waals surface area (Å²) >= 11 is 0. The fourth-order valence-electron chi connectivity index (χ4n) is 1.11. The van der Waals surface area contributed by atoms with E-state index in [4.69, 9.17) is 0 Å². The summed E-state index contributed by atoms with van der Waals surface area (Å²) in [5.41, 5.74) is 0. The van der Waals surface area contributed by atoms with Crippen LogP contribution in [0.25, 0.3) is 5.95 Å². The Morgan fingerprint density at radius 2 is 1.79 bits per heavy atom. The fourth-order valence-corrected chi connectivity index (χ4v) is 1.11. The average molecular weight is 192 g/mol. The Hall–Kier alpha value is -1.82. The van der Waals surface area contributed by atoms with Crippen LogP contribution >= 0.6 is 0 Å². The molecule has 0 aliphatic carbocycles. The Labute approximate surface area is 81.6 Å². The van der Waals surface area contributed by atoms with E-state index in [2.05, 4.69) is 20.1 Å². The standard InChI is InChI=1S/C8H9N5.H3N/c1-6-11-7(2)13(12-6)8-9-4-3-5-10-8;/h3-5H,1-2H3;1H3. The van der Waals surface area contributed by atoms with Gasteiger partial charge in [0, 0.05) is 12.4 Å². The lowest BCUT2D eigenvalue weighted by atomic mass is 10.6. The second kappa shape index (κ2) is 3.93. The summed E-state index contributed by atoms with van der Waals surface area (Å²) in [6.07, 6.45) is 3.36. The monoisotopic (exact) mass is 192 g/mol. The maximum absolute atomic E-state index is 4.16. The molecule has 2 heterocycles.